The van der Waals surface area contributed by atoms with Crippen molar-refractivity contribution in [3.63, 3.8) is 0 Å². The molecule has 3 nitrogen and oxygen atoms in total. The molecule has 64 valence electrons. The molecule has 0 aliphatic heterocycles. The molecule has 0 unspecified atom stereocenters. The molecule has 0 aromatic heterocycles. The highest BCUT2D eigenvalue weighted by molar-refractivity contribution is 5.87. The fourth-order valence-electron chi connectivity index (χ4n) is 0.574. The Labute approximate surface area is 67.1 Å². The molecule has 0 heterocycles. The van der Waals surface area contributed by atoms with Crippen molar-refractivity contribution in [2.45, 2.75) is 19.8 Å². The lowest BCUT2D eigenvalue weighted by atomic mass is 10.4. The number of carbonyl (C=O) groups is 1. The first-order valence-corrected chi connectivity index (χ1v) is 3.86. The van der Waals surface area contributed by atoms with E-state index in [1.165, 1.54) is 6.08 Å². The largest absolute Gasteiger partial charge is 0.396 e. The number of amides is 1. The van der Waals surface area contributed by atoms with Crippen LogP contribution < -0.4 is 5.32 Å². The highest BCUT2D eigenvalue weighted by atomic mass is 16.3. The molecule has 11 heavy (non-hydrogen) atoms. The molecule has 0 spiro atoms. The van der Waals surface area contributed by atoms with E-state index >= 15 is 0 Å². The van der Waals surface area contributed by atoms with E-state index in [0.717, 1.165) is 6.42 Å². The Kier molecular flexibility index (Phi) is 6.73. The van der Waals surface area contributed by atoms with Crippen LogP contribution in [-0.2, 0) is 4.79 Å². The van der Waals surface area contributed by atoms with E-state index in [2.05, 4.69) is 5.32 Å². The van der Waals surface area contributed by atoms with Crippen LogP contribution in [0.2, 0.25) is 0 Å². The molecule has 0 aromatic rings. The SMILES string of the molecule is CCC=CC(=O)NCCCO. The van der Waals surface area contributed by atoms with Crippen LogP contribution in [-0.4, -0.2) is 24.2 Å². The summed E-state index contributed by atoms with van der Waals surface area (Å²) in [7, 11) is 0. The van der Waals surface area contributed by atoms with E-state index in [-0.39, 0.29) is 12.5 Å². The maximum Gasteiger partial charge on any atom is 0.243 e. The summed E-state index contributed by atoms with van der Waals surface area (Å²) >= 11 is 0. The van der Waals surface area contributed by atoms with Gasteiger partial charge in [-0.2, -0.15) is 0 Å². The van der Waals surface area contributed by atoms with Crippen molar-refractivity contribution in [1.29, 1.82) is 0 Å². The third-order valence-corrected chi connectivity index (χ3v) is 1.14. The molecule has 0 atom stereocenters. The van der Waals surface area contributed by atoms with Gasteiger partial charge >= 0.3 is 0 Å². The van der Waals surface area contributed by atoms with Gasteiger partial charge in [0.05, 0.1) is 0 Å². The molecule has 2 N–H and O–H groups in total. The number of hydrogen-bond acceptors (Lipinski definition) is 2. The van der Waals surface area contributed by atoms with Crippen molar-refractivity contribution in [3.05, 3.63) is 12.2 Å². The topological polar surface area (TPSA) is 49.3 Å². The summed E-state index contributed by atoms with van der Waals surface area (Å²) in [6.45, 7) is 2.64. The molecule has 0 radical (unpaired) electrons. The van der Waals surface area contributed by atoms with Crippen molar-refractivity contribution in [2.75, 3.05) is 13.2 Å². The van der Waals surface area contributed by atoms with Crippen LogP contribution in [0.25, 0.3) is 0 Å². The van der Waals surface area contributed by atoms with Gasteiger partial charge in [-0.25, -0.2) is 0 Å². The molecule has 0 aliphatic carbocycles. The van der Waals surface area contributed by atoms with Gasteiger partial charge in [-0.15, -0.1) is 0 Å². The number of allylic oxidation sites excluding steroid dienone is 1. The Morgan fingerprint density at radius 3 is 2.91 bits per heavy atom. The van der Waals surface area contributed by atoms with E-state index in [1.807, 2.05) is 6.92 Å². The first kappa shape index (κ1) is 10.2. The number of aliphatic hydroxyl groups excluding tert-OH is 1. The molecule has 1 amide bonds. The molecule has 0 rings (SSSR count). The zero-order valence-corrected chi connectivity index (χ0v) is 6.84. The minimum atomic E-state index is -0.0831. The fraction of sp³-hybridized carbons (Fsp3) is 0.625. The minimum Gasteiger partial charge on any atom is -0.396 e. The van der Waals surface area contributed by atoms with Crippen LogP contribution in [0, 0.1) is 0 Å². The van der Waals surface area contributed by atoms with Crippen molar-refractivity contribution >= 4 is 5.91 Å². The summed E-state index contributed by atoms with van der Waals surface area (Å²) < 4.78 is 0. The Hall–Kier alpha value is -0.830. The second-order valence-corrected chi connectivity index (χ2v) is 2.18. The highest BCUT2D eigenvalue weighted by Crippen LogP contribution is 1.79. The van der Waals surface area contributed by atoms with E-state index in [9.17, 15) is 4.79 Å². The third kappa shape index (κ3) is 7.06. The molecular formula is C8H15NO2. The third-order valence-electron chi connectivity index (χ3n) is 1.14. The van der Waals surface area contributed by atoms with Gasteiger partial charge in [0.15, 0.2) is 0 Å². The first-order valence-electron chi connectivity index (χ1n) is 3.86. The van der Waals surface area contributed by atoms with E-state index in [4.69, 9.17) is 5.11 Å². The number of carbonyl (C=O) groups excluding carboxylic acids is 1. The molecular weight excluding hydrogens is 142 g/mol. The van der Waals surface area contributed by atoms with Crippen LogP contribution in [0.1, 0.15) is 19.8 Å². The van der Waals surface area contributed by atoms with Crippen molar-refractivity contribution in [2.24, 2.45) is 0 Å². The van der Waals surface area contributed by atoms with Gasteiger partial charge in [0.2, 0.25) is 5.91 Å². The second kappa shape index (κ2) is 7.28. The van der Waals surface area contributed by atoms with Crippen LogP contribution in [0.3, 0.4) is 0 Å². The maximum atomic E-state index is 10.8. The smallest absolute Gasteiger partial charge is 0.243 e. The monoisotopic (exact) mass is 157 g/mol. The number of hydrogen-bond donors (Lipinski definition) is 2. The van der Waals surface area contributed by atoms with Crippen molar-refractivity contribution < 1.29 is 9.90 Å². The standard InChI is InChI=1S/C8H15NO2/c1-2-3-5-8(11)9-6-4-7-10/h3,5,10H,2,4,6-7H2,1H3,(H,9,11). The molecule has 0 saturated carbocycles. The number of aliphatic hydroxyl groups is 1. The van der Waals surface area contributed by atoms with E-state index < -0.39 is 0 Å². The summed E-state index contributed by atoms with van der Waals surface area (Å²) in [5.41, 5.74) is 0. The van der Waals surface area contributed by atoms with Gasteiger partial charge in [0.1, 0.15) is 0 Å². The lowest BCUT2D eigenvalue weighted by Gasteiger charge is -1.97. The van der Waals surface area contributed by atoms with Gasteiger partial charge in [-0.1, -0.05) is 13.0 Å². The van der Waals surface area contributed by atoms with E-state index in [1.54, 1.807) is 6.08 Å². The number of nitrogens with one attached hydrogen (secondary N) is 1. The first-order chi connectivity index (χ1) is 5.31. The van der Waals surface area contributed by atoms with Gasteiger partial charge in [-0.3, -0.25) is 4.79 Å². The maximum absolute atomic E-state index is 10.8. The summed E-state index contributed by atoms with van der Waals surface area (Å²) in [6, 6.07) is 0. The van der Waals surface area contributed by atoms with Gasteiger partial charge in [-0.05, 0) is 18.9 Å². The second-order valence-electron chi connectivity index (χ2n) is 2.18. The molecule has 0 saturated heterocycles. The van der Waals surface area contributed by atoms with Crippen LogP contribution in [0.5, 0.6) is 0 Å². The lowest BCUT2D eigenvalue weighted by Crippen LogP contribution is -2.22. The molecule has 0 fully saturated rings. The summed E-state index contributed by atoms with van der Waals surface area (Å²) in [5, 5.41) is 11.0. The van der Waals surface area contributed by atoms with Crippen molar-refractivity contribution in [1.82, 2.24) is 5.32 Å². The predicted molar refractivity (Wildman–Crippen MR) is 44.1 cm³/mol. The molecule has 0 bridgehead atoms. The average Bonchev–Trinajstić information content (AvgIpc) is 2.01. The zero-order valence-electron chi connectivity index (χ0n) is 6.84. The van der Waals surface area contributed by atoms with Crippen LogP contribution >= 0.6 is 0 Å². The fourth-order valence-corrected chi connectivity index (χ4v) is 0.574. The highest BCUT2D eigenvalue weighted by Gasteiger charge is 1.91. The summed E-state index contributed by atoms with van der Waals surface area (Å²) in [4.78, 5) is 10.8. The van der Waals surface area contributed by atoms with Gasteiger partial charge < -0.3 is 10.4 Å². The molecule has 0 aromatic carbocycles. The average molecular weight is 157 g/mol. The van der Waals surface area contributed by atoms with Crippen LogP contribution in [0.15, 0.2) is 12.2 Å². The summed E-state index contributed by atoms with van der Waals surface area (Å²) in [5.74, 6) is -0.0831. The van der Waals surface area contributed by atoms with E-state index in [0.29, 0.717) is 13.0 Å². The van der Waals surface area contributed by atoms with Gasteiger partial charge in [0, 0.05) is 13.2 Å². The lowest BCUT2D eigenvalue weighted by molar-refractivity contribution is -0.116. The minimum absolute atomic E-state index is 0.0831. The predicted octanol–water partition coefficient (Wildman–Crippen LogP) is 0.451. The Balaban J connectivity index is 3.30. The Bertz CT molecular complexity index is 132. The van der Waals surface area contributed by atoms with Gasteiger partial charge in [0.25, 0.3) is 0 Å². The normalized spacial score (nSPS) is 10.4. The molecule has 0 aliphatic rings. The Morgan fingerprint density at radius 1 is 1.64 bits per heavy atom. The molecule has 3 heteroatoms. The summed E-state index contributed by atoms with van der Waals surface area (Å²) in [6.07, 6.45) is 4.80. The van der Waals surface area contributed by atoms with Crippen molar-refractivity contribution in [3.8, 4) is 0 Å². The Morgan fingerprint density at radius 2 is 2.36 bits per heavy atom. The quantitative estimate of drug-likeness (QED) is 0.449. The zero-order chi connectivity index (χ0) is 8.53. The van der Waals surface area contributed by atoms with Crippen LogP contribution in [0.4, 0.5) is 0 Å². The number of rotatable bonds is 5.